The molecule has 1 N–H and O–H groups in total. The number of Topliss-reactive ketones (excluding diaryl/α,β-unsaturated/α-hetero) is 1. The number of fused-ring (bicyclic) bond motifs is 1. The van der Waals surface area contributed by atoms with Crippen LogP contribution in [0.3, 0.4) is 0 Å². The van der Waals surface area contributed by atoms with Gasteiger partial charge in [-0.25, -0.2) is 9.97 Å². The number of aromatic nitrogens is 3. The number of carbonyl (C=O) groups is 2. The maximum atomic E-state index is 12.4. The molecule has 8 heteroatoms. The molecule has 1 aliphatic rings. The van der Waals surface area contributed by atoms with Gasteiger partial charge in [0.25, 0.3) is 0 Å². The van der Waals surface area contributed by atoms with E-state index in [0.717, 1.165) is 11.4 Å². The quantitative estimate of drug-likeness (QED) is 0.620. The van der Waals surface area contributed by atoms with Crippen molar-refractivity contribution in [1.82, 2.24) is 19.9 Å². The van der Waals surface area contributed by atoms with Crippen molar-refractivity contribution in [1.29, 1.82) is 0 Å². The zero-order valence-corrected chi connectivity index (χ0v) is 15.7. The number of pyridine rings is 1. The first-order chi connectivity index (χ1) is 14.2. The molecule has 1 aliphatic heterocycles. The van der Waals surface area contributed by atoms with E-state index >= 15 is 0 Å². The number of carbonyl (C=O) groups excluding carboxylic acids is 2. The number of ketones is 1. The lowest BCUT2D eigenvalue weighted by molar-refractivity contribution is -0.121. The van der Waals surface area contributed by atoms with Crippen LogP contribution in [-0.4, -0.2) is 39.4 Å². The molecule has 0 spiro atoms. The second-order valence-electron chi connectivity index (χ2n) is 6.55. The van der Waals surface area contributed by atoms with E-state index in [0.29, 0.717) is 36.8 Å². The van der Waals surface area contributed by atoms with Gasteiger partial charge in [0.15, 0.2) is 17.3 Å². The van der Waals surface area contributed by atoms with Crippen molar-refractivity contribution in [3.63, 3.8) is 0 Å². The van der Waals surface area contributed by atoms with Gasteiger partial charge in [0.1, 0.15) is 25.4 Å². The number of hydrogen-bond donors (Lipinski definition) is 1. The van der Waals surface area contributed by atoms with Crippen molar-refractivity contribution in [3.8, 4) is 17.3 Å². The van der Waals surface area contributed by atoms with Gasteiger partial charge in [-0.3, -0.25) is 14.2 Å². The Labute approximate surface area is 167 Å². The summed E-state index contributed by atoms with van der Waals surface area (Å²) in [6.07, 6.45) is 7.11. The molecular weight excluding hydrogens is 372 g/mol. The highest BCUT2D eigenvalue weighted by Gasteiger charge is 2.15. The highest BCUT2D eigenvalue weighted by Crippen LogP contribution is 2.31. The highest BCUT2D eigenvalue weighted by atomic mass is 16.6. The summed E-state index contributed by atoms with van der Waals surface area (Å²) in [5, 5.41) is 2.81. The highest BCUT2D eigenvalue weighted by molar-refractivity contribution is 5.98. The van der Waals surface area contributed by atoms with Crippen LogP contribution < -0.4 is 14.8 Å². The Hall–Kier alpha value is -3.68. The van der Waals surface area contributed by atoms with Crippen LogP contribution >= 0.6 is 0 Å². The number of imidazole rings is 1. The molecule has 1 amide bonds. The maximum absolute atomic E-state index is 12.4. The predicted octanol–water partition coefficient (Wildman–Crippen LogP) is 2.32. The number of amides is 1. The number of benzene rings is 1. The summed E-state index contributed by atoms with van der Waals surface area (Å²) in [6, 6.07) is 8.84. The monoisotopic (exact) mass is 392 g/mol. The number of rotatable bonds is 7. The number of ether oxygens (including phenoxy) is 2. The molecule has 0 aliphatic carbocycles. The molecule has 4 rings (SSSR count). The van der Waals surface area contributed by atoms with Gasteiger partial charge >= 0.3 is 0 Å². The Morgan fingerprint density at radius 1 is 1.07 bits per heavy atom. The van der Waals surface area contributed by atoms with Gasteiger partial charge in [-0.05, 0) is 29.8 Å². The summed E-state index contributed by atoms with van der Waals surface area (Å²) in [6.45, 7) is 1.32. The molecule has 0 saturated carbocycles. The molecule has 3 heterocycles. The van der Waals surface area contributed by atoms with Crippen LogP contribution in [0.2, 0.25) is 0 Å². The summed E-state index contributed by atoms with van der Waals surface area (Å²) in [7, 11) is 0. The number of nitrogens with zero attached hydrogens (tertiary/aromatic N) is 3. The van der Waals surface area contributed by atoms with E-state index in [1.807, 2.05) is 18.3 Å². The van der Waals surface area contributed by atoms with Gasteiger partial charge in [-0.1, -0.05) is 6.07 Å². The molecular formula is C21H20N4O4. The van der Waals surface area contributed by atoms with Crippen LogP contribution in [0.5, 0.6) is 11.5 Å². The molecule has 0 atom stereocenters. The minimum absolute atomic E-state index is 0.108. The Bertz CT molecular complexity index is 1000. The van der Waals surface area contributed by atoms with Gasteiger partial charge in [0.2, 0.25) is 5.91 Å². The fourth-order valence-corrected chi connectivity index (χ4v) is 2.95. The Kier molecular flexibility index (Phi) is 5.51. The predicted molar refractivity (Wildman–Crippen MR) is 104 cm³/mol. The van der Waals surface area contributed by atoms with Crippen LogP contribution in [-0.2, 0) is 11.3 Å². The molecule has 0 saturated heterocycles. The molecule has 8 nitrogen and oxygen atoms in total. The summed E-state index contributed by atoms with van der Waals surface area (Å²) in [5.41, 5.74) is 1.39. The molecule has 0 fully saturated rings. The summed E-state index contributed by atoms with van der Waals surface area (Å²) >= 11 is 0. The van der Waals surface area contributed by atoms with Crippen molar-refractivity contribution in [3.05, 3.63) is 66.4 Å². The minimum Gasteiger partial charge on any atom is -0.486 e. The topological polar surface area (TPSA) is 95.3 Å². The van der Waals surface area contributed by atoms with Crippen molar-refractivity contribution >= 4 is 11.7 Å². The van der Waals surface area contributed by atoms with E-state index in [-0.39, 0.29) is 24.5 Å². The fourth-order valence-electron chi connectivity index (χ4n) is 2.95. The van der Waals surface area contributed by atoms with Gasteiger partial charge < -0.3 is 14.8 Å². The third-order valence-corrected chi connectivity index (χ3v) is 4.51. The first-order valence-corrected chi connectivity index (χ1v) is 9.32. The number of nitrogens with one attached hydrogen (secondary N) is 1. The van der Waals surface area contributed by atoms with Crippen molar-refractivity contribution in [2.45, 2.75) is 19.4 Å². The molecule has 0 bridgehead atoms. The van der Waals surface area contributed by atoms with E-state index < -0.39 is 0 Å². The van der Waals surface area contributed by atoms with E-state index in [1.165, 1.54) is 0 Å². The van der Waals surface area contributed by atoms with E-state index in [4.69, 9.17) is 9.47 Å². The lowest BCUT2D eigenvalue weighted by Gasteiger charge is -2.18. The summed E-state index contributed by atoms with van der Waals surface area (Å²) in [4.78, 5) is 32.8. The lowest BCUT2D eigenvalue weighted by Crippen LogP contribution is -2.23. The van der Waals surface area contributed by atoms with Crippen molar-refractivity contribution in [2.24, 2.45) is 0 Å². The standard InChI is InChI=1S/C21H20N4O4/c26-17(16-2-4-18-19(11-16)29-10-9-28-18)3-6-21(27)24-13-15-1-5-20(23-12-15)25-8-7-22-14-25/h1-2,4-5,7-8,11-12,14H,3,6,9-10,13H2,(H,24,27). The molecule has 0 radical (unpaired) electrons. The van der Waals surface area contributed by atoms with Crippen molar-refractivity contribution < 1.29 is 19.1 Å². The lowest BCUT2D eigenvalue weighted by atomic mass is 10.1. The molecule has 29 heavy (non-hydrogen) atoms. The molecule has 0 unspecified atom stereocenters. The normalized spacial score (nSPS) is 12.4. The van der Waals surface area contributed by atoms with Crippen LogP contribution in [0.1, 0.15) is 28.8 Å². The smallest absolute Gasteiger partial charge is 0.220 e. The van der Waals surface area contributed by atoms with E-state index in [1.54, 1.807) is 41.5 Å². The van der Waals surface area contributed by atoms with Crippen LogP contribution in [0, 0.1) is 0 Å². The van der Waals surface area contributed by atoms with Gasteiger partial charge in [-0.15, -0.1) is 0 Å². The fraction of sp³-hybridized carbons (Fsp3) is 0.238. The van der Waals surface area contributed by atoms with Gasteiger partial charge in [0.05, 0.1) is 0 Å². The maximum Gasteiger partial charge on any atom is 0.220 e. The van der Waals surface area contributed by atoms with Crippen LogP contribution in [0.15, 0.2) is 55.2 Å². The first kappa shape index (κ1) is 18.7. The third-order valence-electron chi connectivity index (χ3n) is 4.51. The molecule has 148 valence electrons. The third kappa shape index (κ3) is 4.60. The van der Waals surface area contributed by atoms with Gasteiger partial charge in [0, 0.05) is 43.5 Å². The van der Waals surface area contributed by atoms with Crippen molar-refractivity contribution in [2.75, 3.05) is 13.2 Å². The van der Waals surface area contributed by atoms with E-state index in [2.05, 4.69) is 15.3 Å². The Morgan fingerprint density at radius 3 is 2.69 bits per heavy atom. The average molecular weight is 392 g/mol. The molecule has 1 aromatic carbocycles. The molecule has 3 aromatic rings. The Morgan fingerprint density at radius 2 is 1.93 bits per heavy atom. The second kappa shape index (κ2) is 8.55. The first-order valence-electron chi connectivity index (χ1n) is 9.32. The zero-order valence-electron chi connectivity index (χ0n) is 15.7. The Balaban J connectivity index is 1.25. The van der Waals surface area contributed by atoms with Gasteiger partial charge in [-0.2, -0.15) is 0 Å². The largest absolute Gasteiger partial charge is 0.486 e. The number of hydrogen-bond acceptors (Lipinski definition) is 6. The SMILES string of the molecule is O=C(CCC(=O)c1ccc2c(c1)OCCO2)NCc1ccc(-n2ccnc2)nc1. The average Bonchev–Trinajstić information content (AvgIpc) is 3.31. The minimum atomic E-state index is -0.186. The van der Waals surface area contributed by atoms with Crippen LogP contribution in [0.25, 0.3) is 5.82 Å². The zero-order chi connectivity index (χ0) is 20.1. The second-order valence-corrected chi connectivity index (χ2v) is 6.55. The summed E-state index contributed by atoms with van der Waals surface area (Å²) < 4.78 is 12.7. The van der Waals surface area contributed by atoms with Crippen LogP contribution in [0.4, 0.5) is 0 Å². The van der Waals surface area contributed by atoms with E-state index in [9.17, 15) is 9.59 Å². The summed E-state index contributed by atoms with van der Waals surface area (Å²) in [5.74, 6) is 1.66. The molecule has 2 aromatic heterocycles.